The van der Waals surface area contributed by atoms with Gasteiger partial charge in [-0.25, -0.2) is 0 Å². The summed E-state index contributed by atoms with van der Waals surface area (Å²) in [5.74, 6) is 0.776. The van der Waals surface area contributed by atoms with E-state index < -0.39 is 0 Å². The molecule has 1 unspecified atom stereocenters. The van der Waals surface area contributed by atoms with Crippen LogP contribution in [-0.2, 0) is 22.0 Å². The molecule has 0 bridgehead atoms. The van der Waals surface area contributed by atoms with E-state index in [1.165, 1.54) is 25.7 Å². The van der Waals surface area contributed by atoms with Gasteiger partial charge in [0.2, 0.25) is 5.91 Å². The fraction of sp³-hybridized carbons (Fsp3) is 0.818. The number of hydrogen-bond donors (Lipinski definition) is 1. The topological polar surface area (TPSA) is 59.4 Å². The Labute approximate surface area is 170 Å². The molecular formula is C22H38N4O2. The molecule has 1 spiro atoms. The summed E-state index contributed by atoms with van der Waals surface area (Å²) in [4.78, 5) is 15.2. The van der Waals surface area contributed by atoms with Crippen LogP contribution in [0.25, 0.3) is 0 Å². The molecule has 1 aromatic rings. The first-order valence-electron chi connectivity index (χ1n) is 10.8. The summed E-state index contributed by atoms with van der Waals surface area (Å²) in [7, 11) is 1.92. The Morgan fingerprint density at radius 1 is 1.43 bits per heavy atom. The van der Waals surface area contributed by atoms with Crippen molar-refractivity contribution < 1.29 is 9.53 Å². The van der Waals surface area contributed by atoms with Crippen LogP contribution >= 0.6 is 0 Å². The Kier molecular flexibility index (Phi) is 6.50. The van der Waals surface area contributed by atoms with E-state index in [1.807, 2.05) is 19.3 Å². The number of amides is 1. The Morgan fingerprint density at radius 3 is 2.75 bits per heavy atom. The van der Waals surface area contributed by atoms with Crippen LogP contribution in [0.15, 0.2) is 12.3 Å². The van der Waals surface area contributed by atoms with Gasteiger partial charge in [0.15, 0.2) is 0 Å². The Balaban J connectivity index is 1.49. The standard InChI is InChI=1S/C22H38N4O2/c1-17(2)7-12-26-14-18(28-16-22(26)9-6-10-22)13-20(27)23-15-21(3,4)19-8-11-25(5)24-19/h8,11,17-18H,6-7,9-10,12-16H2,1-5H3,(H,23,27). The molecule has 3 rings (SSSR count). The Bertz CT molecular complexity index is 663. The van der Waals surface area contributed by atoms with Crippen molar-refractivity contribution in [1.82, 2.24) is 20.0 Å². The third-order valence-electron chi connectivity index (χ3n) is 6.49. The molecule has 1 saturated carbocycles. The van der Waals surface area contributed by atoms with Crippen LogP contribution in [0.3, 0.4) is 0 Å². The van der Waals surface area contributed by atoms with Crippen LogP contribution in [-0.4, -0.2) is 58.5 Å². The first kappa shape index (κ1) is 21.3. The zero-order valence-corrected chi connectivity index (χ0v) is 18.3. The molecule has 0 radical (unpaired) electrons. The summed E-state index contributed by atoms with van der Waals surface area (Å²) < 4.78 is 7.95. The molecule has 1 saturated heterocycles. The van der Waals surface area contributed by atoms with E-state index >= 15 is 0 Å². The van der Waals surface area contributed by atoms with Crippen molar-refractivity contribution in [3.63, 3.8) is 0 Å². The zero-order chi connectivity index (χ0) is 20.4. The van der Waals surface area contributed by atoms with Crippen molar-refractivity contribution in [2.45, 2.75) is 76.9 Å². The van der Waals surface area contributed by atoms with Crippen LogP contribution in [0.4, 0.5) is 0 Å². The lowest BCUT2D eigenvalue weighted by Gasteiger charge is -2.54. The first-order chi connectivity index (χ1) is 13.2. The minimum atomic E-state index is -0.191. The fourth-order valence-electron chi connectivity index (χ4n) is 4.23. The lowest BCUT2D eigenvalue weighted by Crippen LogP contribution is -2.63. The highest BCUT2D eigenvalue weighted by atomic mass is 16.5. The van der Waals surface area contributed by atoms with Crippen molar-refractivity contribution in [3.05, 3.63) is 18.0 Å². The second-order valence-corrected chi connectivity index (χ2v) is 9.88. The van der Waals surface area contributed by atoms with Gasteiger partial charge in [0.1, 0.15) is 0 Å². The number of hydrogen-bond acceptors (Lipinski definition) is 4. The number of nitrogens with one attached hydrogen (secondary N) is 1. The van der Waals surface area contributed by atoms with Crippen LogP contribution in [0.5, 0.6) is 0 Å². The number of carbonyl (C=O) groups excluding carboxylic acids is 1. The number of ether oxygens (including phenoxy) is 1. The van der Waals surface area contributed by atoms with Crippen LogP contribution in [0.2, 0.25) is 0 Å². The molecule has 2 fully saturated rings. The summed E-state index contributed by atoms with van der Waals surface area (Å²) >= 11 is 0. The fourth-order valence-corrected chi connectivity index (χ4v) is 4.23. The van der Waals surface area contributed by atoms with Crippen LogP contribution in [0.1, 0.15) is 65.5 Å². The quantitative estimate of drug-likeness (QED) is 0.741. The van der Waals surface area contributed by atoms with Gasteiger partial charge >= 0.3 is 0 Å². The highest BCUT2D eigenvalue weighted by molar-refractivity contribution is 5.76. The third-order valence-corrected chi connectivity index (χ3v) is 6.49. The van der Waals surface area contributed by atoms with Gasteiger partial charge in [-0.3, -0.25) is 14.4 Å². The lowest BCUT2D eigenvalue weighted by atomic mass is 9.74. The van der Waals surface area contributed by atoms with Gasteiger partial charge in [0, 0.05) is 37.3 Å². The van der Waals surface area contributed by atoms with E-state index in [0.29, 0.717) is 18.9 Å². The van der Waals surface area contributed by atoms with Gasteiger partial charge in [-0.2, -0.15) is 5.10 Å². The molecule has 1 aliphatic carbocycles. The van der Waals surface area contributed by atoms with Gasteiger partial charge in [0.25, 0.3) is 0 Å². The van der Waals surface area contributed by atoms with Gasteiger partial charge in [-0.15, -0.1) is 0 Å². The molecule has 28 heavy (non-hydrogen) atoms. The van der Waals surface area contributed by atoms with Crippen molar-refractivity contribution in [2.24, 2.45) is 13.0 Å². The molecule has 6 nitrogen and oxygen atoms in total. The maximum atomic E-state index is 12.6. The van der Waals surface area contributed by atoms with Crippen LogP contribution in [0, 0.1) is 5.92 Å². The second-order valence-electron chi connectivity index (χ2n) is 9.88. The third kappa shape index (κ3) is 4.95. The van der Waals surface area contributed by atoms with Crippen molar-refractivity contribution in [2.75, 3.05) is 26.2 Å². The SMILES string of the molecule is CC(C)CCN1CC(CC(=O)NCC(C)(C)c2ccn(C)n2)OCC12CCC2. The first-order valence-corrected chi connectivity index (χ1v) is 10.8. The van der Waals surface area contributed by atoms with Gasteiger partial charge in [-0.05, 0) is 44.2 Å². The van der Waals surface area contributed by atoms with Crippen molar-refractivity contribution >= 4 is 5.91 Å². The maximum absolute atomic E-state index is 12.6. The number of rotatable bonds is 8. The average Bonchev–Trinajstić information content (AvgIpc) is 3.04. The highest BCUT2D eigenvalue weighted by Crippen LogP contribution is 2.41. The largest absolute Gasteiger partial charge is 0.374 e. The summed E-state index contributed by atoms with van der Waals surface area (Å²) in [6, 6.07) is 2.01. The molecule has 2 aliphatic rings. The van der Waals surface area contributed by atoms with Gasteiger partial charge in [-0.1, -0.05) is 27.7 Å². The van der Waals surface area contributed by atoms with E-state index in [4.69, 9.17) is 4.74 Å². The van der Waals surface area contributed by atoms with E-state index in [2.05, 4.69) is 43.0 Å². The van der Waals surface area contributed by atoms with Crippen LogP contribution < -0.4 is 5.32 Å². The van der Waals surface area contributed by atoms with E-state index in [9.17, 15) is 4.79 Å². The molecule has 0 aromatic carbocycles. The Morgan fingerprint density at radius 2 is 2.18 bits per heavy atom. The average molecular weight is 391 g/mol. The predicted molar refractivity (Wildman–Crippen MR) is 111 cm³/mol. The number of carbonyl (C=O) groups is 1. The number of morpholine rings is 1. The van der Waals surface area contributed by atoms with E-state index in [0.717, 1.165) is 25.4 Å². The van der Waals surface area contributed by atoms with E-state index in [1.54, 1.807) is 4.68 Å². The molecule has 1 aliphatic heterocycles. The number of aryl methyl sites for hydroxylation is 1. The summed E-state index contributed by atoms with van der Waals surface area (Å²) in [6.45, 7) is 12.1. The molecule has 1 aromatic heterocycles. The zero-order valence-electron chi connectivity index (χ0n) is 18.3. The smallest absolute Gasteiger partial charge is 0.222 e. The molecule has 158 valence electrons. The number of aromatic nitrogens is 2. The molecule has 1 N–H and O–H groups in total. The van der Waals surface area contributed by atoms with Gasteiger partial charge in [0.05, 0.1) is 24.8 Å². The second kappa shape index (κ2) is 8.54. The maximum Gasteiger partial charge on any atom is 0.222 e. The molecule has 1 amide bonds. The molecule has 6 heteroatoms. The lowest BCUT2D eigenvalue weighted by molar-refractivity contribution is -0.152. The minimum absolute atomic E-state index is 0.00338. The van der Waals surface area contributed by atoms with Gasteiger partial charge < -0.3 is 10.1 Å². The Hall–Kier alpha value is -1.40. The molecule has 1 atom stereocenters. The molecular weight excluding hydrogens is 352 g/mol. The summed E-state index contributed by atoms with van der Waals surface area (Å²) in [6.07, 6.45) is 7.36. The highest BCUT2D eigenvalue weighted by Gasteiger charge is 2.46. The predicted octanol–water partition coefficient (Wildman–Crippen LogP) is 2.87. The van der Waals surface area contributed by atoms with Crippen molar-refractivity contribution in [1.29, 1.82) is 0 Å². The number of nitrogens with zero attached hydrogens (tertiary/aromatic N) is 3. The normalized spacial score (nSPS) is 22.4. The molecule has 2 heterocycles. The summed E-state index contributed by atoms with van der Waals surface area (Å²) in [5, 5.41) is 7.59. The monoisotopic (exact) mass is 390 g/mol. The minimum Gasteiger partial charge on any atom is -0.374 e. The van der Waals surface area contributed by atoms with Crippen molar-refractivity contribution in [3.8, 4) is 0 Å². The van der Waals surface area contributed by atoms with E-state index in [-0.39, 0.29) is 23.0 Å². The summed E-state index contributed by atoms with van der Waals surface area (Å²) in [5.41, 5.74) is 1.06.